The van der Waals surface area contributed by atoms with Crippen LogP contribution in [0.5, 0.6) is 0 Å². The van der Waals surface area contributed by atoms with E-state index in [-0.39, 0.29) is 0 Å². The Morgan fingerprint density at radius 1 is 0.923 bits per heavy atom. The van der Waals surface area contributed by atoms with Crippen LogP contribution < -0.4 is 0 Å². The maximum Gasteiger partial charge on any atom is 0.443 e. The molecule has 76 valence electrons. The van der Waals surface area contributed by atoms with Crippen LogP contribution in [0.15, 0.2) is 11.4 Å². The summed E-state index contributed by atoms with van der Waals surface area (Å²) in [6.07, 6.45) is -5.79. The van der Waals surface area contributed by atoms with E-state index in [9.17, 15) is 35.1 Å². The van der Waals surface area contributed by atoms with Crippen molar-refractivity contribution in [1.29, 1.82) is 0 Å². The summed E-state index contributed by atoms with van der Waals surface area (Å²) in [5.74, 6) is -13.4. The monoisotopic (exact) mass is 212 g/mol. The first kappa shape index (κ1) is 10.3. The van der Waals surface area contributed by atoms with Gasteiger partial charge in [0.25, 0.3) is 0 Å². The minimum Gasteiger partial charge on any atom is -0.201 e. The molecule has 0 N–H and O–H groups in total. The molecule has 0 saturated heterocycles. The quantitative estimate of drug-likeness (QED) is 0.541. The fourth-order valence-electron chi connectivity index (χ4n) is 0.709. The molecule has 0 aliphatic heterocycles. The molecule has 0 aromatic carbocycles. The molecule has 1 aliphatic rings. The maximum atomic E-state index is 11.9. The zero-order valence-electron chi connectivity index (χ0n) is 5.52. The summed E-state index contributed by atoms with van der Waals surface area (Å²) >= 11 is 0. The highest BCUT2D eigenvalue weighted by molar-refractivity contribution is 5.48. The number of rotatable bonds is 0. The second-order valence-corrected chi connectivity index (χ2v) is 2.34. The molecule has 0 radical (unpaired) electrons. The second-order valence-electron chi connectivity index (χ2n) is 2.34. The van der Waals surface area contributed by atoms with Crippen molar-refractivity contribution in [3.63, 3.8) is 0 Å². The van der Waals surface area contributed by atoms with E-state index in [0.29, 0.717) is 0 Å². The molecule has 0 bridgehead atoms. The summed E-state index contributed by atoms with van der Waals surface area (Å²) in [7, 11) is 0. The lowest BCUT2D eigenvalue weighted by atomic mass is 10.4. The first-order valence-corrected chi connectivity index (χ1v) is 2.76. The van der Waals surface area contributed by atoms with Crippen molar-refractivity contribution in [3.8, 4) is 0 Å². The number of allylic oxidation sites excluding steroid dienone is 2. The van der Waals surface area contributed by atoms with Gasteiger partial charge in [-0.1, -0.05) is 0 Å². The zero-order valence-corrected chi connectivity index (χ0v) is 5.52. The van der Waals surface area contributed by atoms with Crippen molar-refractivity contribution in [1.82, 2.24) is 0 Å². The molecular weight excluding hydrogens is 212 g/mol. The summed E-state index contributed by atoms with van der Waals surface area (Å²) in [5, 5.41) is 0. The predicted molar refractivity (Wildman–Crippen MR) is 24.1 cm³/mol. The Morgan fingerprint density at radius 2 is 1.23 bits per heavy atom. The van der Waals surface area contributed by atoms with Gasteiger partial charge in [0.15, 0.2) is 0 Å². The van der Waals surface area contributed by atoms with Gasteiger partial charge >= 0.3 is 18.0 Å². The van der Waals surface area contributed by atoms with Crippen LogP contribution in [0.1, 0.15) is 0 Å². The molecule has 1 fully saturated rings. The van der Waals surface area contributed by atoms with Crippen LogP contribution >= 0.6 is 0 Å². The Kier molecular flexibility index (Phi) is 1.70. The topological polar surface area (TPSA) is 0 Å². The summed E-state index contributed by atoms with van der Waals surface area (Å²) in [6.45, 7) is 0. The summed E-state index contributed by atoms with van der Waals surface area (Å²) in [4.78, 5) is 0. The fraction of sp³-hybridized carbons (Fsp3) is 0.600. The fourth-order valence-corrected chi connectivity index (χ4v) is 0.709. The van der Waals surface area contributed by atoms with Gasteiger partial charge in [-0.05, 0) is 0 Å². The molecule has 0 amide bonds. The predicted octanol–water partition coefficient (Wildman–Crippen LogP) is 3.06. The van der Waals surface area contributed by atoms with Crippen molar-refractivity contribution < 1.29 is 35.1 Å². The highest BCUT2D eigenvalue weighted by atomic mass is 19.4. The number of halogens is 8. The average molecular weight is 212 g/mol. The molecule has 0 spiro atoms. The van der Waals surface area contributed by atoms with Crippen molar-refractivity contribution in [2.24, 2.45) is 0 Å². The lowest BCUT2D eigenvalue weighted by molar-refractivity contribution is -0.110. The van der Waals surface area contributed by atoms with Gasteiger partial charge in [0.05, 0.1) is 0 Å². The van der Waals surface area contributed by atoms with Crippen LogP contribution in [-0.2, 0) is 0 Å². The van der Waals surface area contributed by atoms with Gasteiger partial charge in [0.1, 0.15) is 5.57 Å². The SMILES string of the molecule is FC(=C1C(F)(F)C1(F)F)C(F)(F)F. The van der Waals surface area contributed by atoms with Crippen LogP contribution in [0.2, 0.25) is 0 Å². The molecule has 0 aromatic rings. The largest absolute Gasteiger partial charge is 0.443 e. The molecule has 0 atom stereocenters. The van der Waals surface area contributed by atoms with E-state index >= 15 is 0 Å². The van der Waals surface area contributed by atoms with Crippen LogP contribution in [0.3, 0.4) is 0 Å². The molecule has 1 rings (SSSR count). The van der Waals surface area contributed by atoms with Gasteiger partial charge in [-0.3, -0.25) is 0 Å². The molecule has 0 aromatic heterocycles. The number of hydrogen-bond acceptors (Lipinski definition) is 0. The Bertz CT molecular complexity index is 253. The van der Waals surface area contributed by atoms with Crippen molar-refractivity contribution in [3.05, 3.63) is 11.4 Å². The van der Waals surface area contributed by atoms with E-state index in [1.165, 1.54) is 0 Å². The Hall–Kier alpha value is -0.820. The number of alkyl halides is 7. The van der Waals surface area contributed by atoms with Crippen LogP contribution in [-0.4, -0.2) is 18.0 Å². The lowest BCUT2D eigenvalue weighted by Gasteiger charge is -2.00. The highest BCUT2D eigenvalue weighted by Gasteiger charge is 2.84. The van der Waals surface area contributed by atoms with Gasteiger partial charge in [-0.15, -0.1) is 0 Å². The molecule has 0 heterocycles. The maximum absolute atomic E-state index is 11.9. The second kappa shape index (κ2) is 2.16. The first-order valence-electron chi connectivity index (χ1n) is 2.76. The van der Waals surface area contributed by atoms with E-state index in [4.69, 9.17) is 0 Å². The molecule has 1 aliphatic carbocycles. The minimum absolute atomic E-state index is 2.78. The zero-order chi connectivity index (χ0) is 10.7. The Morgan fingerprint density at radius 3 is 1.31 bits per heavy atom. The van der Waals surface area contributed by atoms with E-state index < -0.39 is 29.4 Å². The van der Waals surface area contributed by atoms with Crippen molar-refractivity contribution in [2.45, 2.75) is 18.0 Å². The molecular formula is C5F8. The molecule has 0 nitrogen and oxygen atoms in total. The standard InChI is InChI=1S/C5F8/c6-2(5(11,12)13)1-3(7,8)4(1,9)10. The van der Waals surface area contributed by atoms with Gasteiger partial charge in [-0.25, -0.2) is 4.39 Å². The van der Waals surface area contributed by atoms with E-state index in [0.717, 1.165) is 0 Å². The van der Waals surface area contributed by atoms with Crippen molar-refractivity contribution in [2.75, 3.05) is 0 Å². The van der Waals surface area contributed by atoms with Crippen molar-refractivity contribution >= 4 is 0 Å². The summed E-state index contributed by atoms with van der Waals surface area (Å²) in [5.41, 5.74) is -2.78. The summed E-state index contributed by atoms with van der Waals surface area (Å²) in [6, 6.07) is 0. The number of hydrogen-bond donors (Lipinski definition) is 0. The Labute approximate surface area is 65.8 Å². The highest BCUT2D eigenvalue weighted by Crippen LogP contribution is 2.65. The van der Waals surface area contributed by atoms with Gasteiger partial charge in [0.2, 0.25) is 5.83 Å². The minimum atomic E-state index is -5.79. The third kappa shape index (κ3) is 1.19. The first-order chi connectivity index (χ1) is 5.53. The molecule has 1 saturated carbocycles. The molecule has 8 heteroatoms. The van der Waals surface area contributed by atoms with Gasteiger partial charge in [-0.2, -0.15) is 30.7 Å². The summed E-state index contributed by atoms with van der Waals surface area (Å²) < 4.78 is 93.1. The normalized spacial score (nSPS) is 24.5. The third-order valence-corrected chi connectivity index (χ3v) is 1.43. The van der Waals surface area contributed by atoms with Gasteiger partial charge in [0, 0.05) is 0 Å². The van der Waals surface area contributed by atoms with Crippen LogP contribution in [0, 0.1) is 0 Å². The van der Waals surface area contributed by atoms with E-state index in [1.807, 2.05) is 0 Å². The van der Waals surface area contributed by atoms with E-state index in [2.05, 4.69) is 0 Å². The smallest absolute Gasteiger partial charge is 0.201 e. The third-order valence-electron chi connectivity index (χ3n) is 1.43. The molecule has 13 heavy (non-hydrogen) atoms. The lowest BCUT2D eigenvalue weighted by Crippen LogP contribution is -2.09. The van der Waals surface area contributed by atoms with Crippen LogP contribution in [0.4, 0.5) is 35.1 Å². The molecule has 0 unspecified atom stereocenters. The van der Waals surface area contributed by atoms with Crippen LogP contribution in [0.25, 0.3) is 0 Å². The van der Waals surface area contributed by atoms with E-state index in [1.54, 1.807) is 0 Å². The average Bonchev–Trinajstić information content (AvgIpc) is 2.21. The Balaban J connectivity index is 3.14. The van der Waals surface area contributed by atoms with Gasteiger partial charge < -0.3 is 0 Å².